The summed E-state index contributed by atoms with van der Waals surface area (Å²) < 4.78 is 31.1. The number of sulfonamides is 1. The fourth-order valence-corrected chi connectivity index (χ4v) is 4.56. The Labute approximate surface area is 203 Å². The highest BCUT2D eigenvalue weighted by Gasteiger charge is 2.18. The molecule has 1 aromatic heterocycles. The van der Waals surface area contributed by atoms with E-state index in [4.69, 9.17) is 10.5 Å². The molecule has 34 heavy (non-hydrogen) atoms. The van der Waals surface area contributed by atoms with Gasteiger partial charge in [-0.05, 0) is 37.3 Å². The predicted molar refractivity (Wildman–Crippen MR) is 135 cm³/mol. The Balaban J connectivity index is 2.08. The molecule has 1 heterocycles. The Hall–Kier alpha value is -2.72. The summed E-state index contributed by atoms with van der Waals surface area (Å²) in [6.07, 6.45) is 5.88. The van der Waals surface area contributed by atoms with Gasteiger partial charge in [0.1, 0.15) is 5.82 Å². The maximum atomic E-state index is 12.5. The van der Waals surface area contributed by atoms with E-state index in [1.807, 2.05) is 31.2 Å². The Morgan fingerprint density at radius 3 is 2.59 bits per heavy atom. The fraction of sp³-hybridized carbons (Fsp3) is 0.542. The summed E-state index contributed by atoms with van der Waals surface area (Å²) in [4.78, 5) is 20.2. The molecule has 0 amide bonds. The van der Waals surface area contributed by atoms with E-state index in [0.717, 1.165) is 54.0 Å². The number of ether oxygens (including phenoxy) is 1. The van der Waals surface area contributed by atoms with Gasteiger partial charge in [-0.1, -0.05) is 44.0 Å². The summed E-state index contributed by atoms with van der Waals surface area (Å²) in [7, 11) is -2.09. The second-order valence-electron chi connectivity index (χ2n) is 8.40. The van der Waals surface area contributed by atoms with Crippen molar-refractivity contribution in [3.63, 3.8) is 0 Å². The zero-order valence-corrected chi connectivity index (χ0v) is 21.5. The lowest BCUT2D eigenvalue weighted by Gasteiger charge is -2.21. The van der Waals surface area contributed by atoms with Crippen molar-refractivity contribution in [1.29, 1.82) is 0 Å². The Kier molecular flexibility index (Phi) is 10.7. The molecular weight excluding hydrogens is 454 g/mol. The van der Waals surface area contributed by atoms with E-state index >= 15 is 0 Å². The second kappa shape index (κ2) is 13.2. The van der Waals surface area contributed by atoms with Crippen LogP contribution in [0.25, 0.3) is 0 Å². The van der Waals surface area contributed by atoms with Crippen LogP contribution in [0.3, 0.4) is 0 Å². The average Bonchev–Trinajstić information content (AvgIpc) is 2.77. The predicted octanol–water partition coefficient (Wildman–Crippen LogP) is 3.08. The molecule has 0 atom stereocenters. The van der Waals surface area contributed by atoms with Crippen LogP contribution in [-0.2, 0) is 38.9 Å². The number of hydrogen-bond acceptors (Lipinski definition) is 8. The minimum Gasteiger partial charge on any atom is -0.469 e. The van der Waals surface area contributed by atoms with Crippen molar-refractivity contribution in [3.05, 3.63) is 46.6 Å². The molecule has 188 valence electrons. The zero-order chi connectivity index (χ0) is 25.1. The van der Waals surface area contributed by atoms with E-state index in [9.17, 15) is 13.2 Å². The van der Waals surface area contributed by atoms with E-state index in [-0.39, 0.29) is 24.9 Å². The maximum Gasteiger partial charge on any atom is 0.309 e. The van der Waals surface area contributed by atoms with Gasteiger partial charge in [0.15, 0.2) is 0 Å². The molecule has 0 saturated carbocycles. The molecule has 3 N–H and O–H groups in total. The van der Waals surface area contributed by atoms with Crippen LogP contribution in [0, 0.1) is 6.92 Å². The Morgan fingerprint density at radius 1 is 1.18 bits per heavy atom. The molecule has 0 spiro atoms. The number of rotatable bonds is 14. The number of aryl methyl sites for hydroxylation is 1. The minimum atomic E-state index is -3.43. The summed E-state index contributed by atoms with van der Waals surface area (Å²) in [5.41, 5.74) is 9.21. The van der Waals surface area contributed by atoms with Crippen molar-refractivity contribution in [2.45, 2.75) is 58.9 Å². The number of unbranched alkanes of at least 4 members (excludes halogenated alkanes) is 2. The van der Waals surface area contributed by atoms with Crippen molar-refractivity contribution in [1.82, 2.24) is 14.3 Å². The molecule has 0 aliphatic rings. The molecule has 10 heteroatoms. The van der Waals surface area contributed by atoms with E-state index < -0.39 is 10.0 Å². The molecule has 0 unspecified atom stereocenters. The number of nitrogens with two attached hydrogens (primary N) is 1. The van der Waals surface area contributed by atoms with E-state index in [2.05, 4.69) is 22.2 Å². The molecule has 9 nitrogen and oxygen atoms in total. The number of nitrogens with zero attached hydrogens (tertiary/aromatic N) is 3. The molecule has 2 aromatic rings. The lowest BCUT2D eigenvalue weighted by Crippen LogP contribution is -2.31. The first-order chi connectivity index (χ1) is 16.1. The topological polar surface area (TPSA) is 128 Å². The number of anilines is 2. The van der Waals surface area contributed by atoms with Gasteiger partial charge in [0.25, 0.3) is 0 Å². The number of nitrogens with one attached hydrogen (secondary N) is 1. The number of carbonyl (C=O) groups is 1. The highest BCUT2D eigenvalue weighted by atomic mass is 32.2. The monoisotopic (exact) mass is 491 g/mol. The van der Waals surface area contributed by atoms with E-state index in [1.165, 1.54) is 17.7 Å². The van der Waals surface area contributed by atoms with Crippen LogP contribution in [0.5, 0.6) is 0 Å². The van der Waals surface area contributed by atoms with Gasteiger partial charge in [0.05, 0.1) is 19.8 Å². The summed E-state index contributed by atoms with van der Waals surface area (Å²) in [6.45, 7) is 5.42. The van der Waals surface area contributed by atoms with Crippen LogP contribution in [-0.4, -0.2) is 55.1 Å². The molecule has 0 bridgehead atoms. The Bertz CT molecular complexity index is 1060. The first kappa shape index (κ1) is 27.5. The van der Waals surface area contributed by atoms with Crippen LogP contribution >= 0.6 is 0 Å². The average molecular weight is 492 g/mol. The number of nitrogen functional groups attached to an aromatic ring is 1. The molecule has 0 aliphatic heterocycles. The highest BCUT2D eigenvalue weighted by Crippen LogP contribution is 2.20. The van der Waals surface area contributed by atoms with Gasteiger partial charge < -0.3 is 15.8 Å². The molecule has 0 aliphatic carbocycles. The van der Waals surface area contributed by atoms with Gasteiger partial charge in [-0.25, -0.2) is 13.4 Å². The maximum absolute atomic E-state index is 12.5. The molecule has 0 fully saturated rings. The summed E-state index contributed by atoms with van der Waals surface area (Å²) in [6, 6.07) is 7.34. The lowest BCUT2D eigenvalue weighted by molar-refractivity contribution is -0.139. The quantitative estimate of drug-likeness (QED) is 0.305. The standard InChI is InChI=1S/C24H37N5O4S/c1-5-6-7-13-26-23-21(18(2)27-24(25)28-23)12-9-14-29(34(4,31)32)17-20-11-8-10-19(15-20)16-22(30)33-3/h8,10-11,15H,5-7,9,12-14,16-17H2,1-4H3,(H3,25,26,27,28). The van der Waals surface area contributed by atoms with Crippen LogP contribution < -0.4 is 11.1 Å². The van der Waals surface area contributed by atoms with Crippen molar-refractivity contribution in [3.8, 4) is 0 Å². The van der Waals surface area contributed by atoms with Crippen LogP contribution in [0.15, 0.2) is 24.3 Å². The van der Waals surface area contributed by atoms with Crippen molar-refractivity contribution in [2.24, 2.45) is 0 Å². The van der Waals surface area contributed by atoms with E-state index in [0.29, 0.717) is 19.4 Å². The largest absolute Gasteiger partial charge is 0.469 e. The fourth-order valence-electron chi connectivity index (χ4n) is 3.72. The van der Waals surface area contributed by atoms with Crippen molar-refractivity contribution < 1.29 is 17.9 Å². The number of aromatic nitrogens is 2. The number of carbonyl (C=O) groups excluding carboxylic acids is 1. The van der Waals surface area contributed by atoms with Crippen LogP contribution in [0.1, 0.15) is 55.0 Å². The number of benzene rings is 1. The third-order valence-corrected chi connectivity index (χ3v) is 6.78. The summed E-state index contributed by atoms with van der Waals surface area (Å²) in [5, 5.41) is 3.36. The first-order valence-corrected chi connectivity index (χ1v) is 13.5. The second-order valence-corrected chi connectivity index (χ2v) is 10.4. The van der Waals surface area contributed by atoms with Gasteiger partial charge in [-0.2, -0.15) is 9.29 Å². The molecule has 1 aromatic carbocycles. The minimum absolute atomic E-state index is 0.146. The van der Waals surface area contributed by atoms with Crippen LogP contribution in [0.2, 0.25) is 0 Å². The van der Waals surface area contributed by atoms with Gasteiger partial charge in [-0.15, -0.1) is 0 Å². The summed E-state index contributed by atoms with van der Waals surface area (Å²) >= 11 is 0. The SMILES string of the molecule is CCCCCNc1nc(N)nc(C)c1CCCN(Cc1cccc(CC(=O)OC)c1)S(C)(=O)=O. The molecular formula is C24H37N5O4S. The molecule has 0 radical (unpaired) electrons. The number of esters is 1. The third kappa shape index (κ3) is 8.90. The van der Waals surface area contributed by atoms with Crippen molar-refractivity contribution in [2.75, 3.05) is 37.5 Å². The lowest BCUT2D eigenvalue weighted by atomic mass is 10.1. The number of methoxy groups -OCH3 is 1. The normalized spacial score (nSPS) is 11.6. The highest BCUT2D eigenvalue weighted by molar-refractivity contribution is 7.88. The van der Waals surface area contributed by atoms with Crippen molar-refractivity contribution >= 4 is 27.8 Å². The van der Waals surface area contributed by atoms with Gasteiger partial charge in [0.2, 0.25) is 16.0 Å². The Morgan fingerprint density at radius 2 is 1.91 bits per heavy atom. The summed E-state index contributed by atoms with van der Waals surface area (Å²) in [5.74, 6) is 0.615. The van der Waals surface area contributed by atoms with Gasteiger partial charge >= 0.3 is 5.97 Å². The van der Waals surface area contributed by atoms with Crippen LogP contribution in [0.4, 0.5) is 11.8 Å². The smallest absolute Gasteiger partial charge is 0.309 e. The number of hydrogen-bond donors (Lipinski definition) is 2. The zero-order valence-electron chi connectivity index (χ0n) is 20.6. The van der Waals surface area contributed by atoms with E-state index in [1.54, 1.807) is 0 Å². The van der Waals surface area contributed by atoms with Gasteiger partial charge in [-0.3, -0.25) is 4.79 Å². The van der Waals surface area contributed by atoms with Gasteiger partial charge in [0, 0.05) is 30.9 Å². The first-order valence-electron chi connectivity index (χ1n) is 11.6. The third-order valence-electron chi connectivity index (χ3n) is 5.53. The molecule has 2 rings (SSSR count). The molecule has 0 saturated heterocycles.